The van der Waals surface area contributed by atoms with E-state index >= 15 is 0 Å². The van der Waals surface area contributed by atoms with Gasteiger partial charge in [0.25, 0.3) is 5.91 Å². The smallest absolute Gasteiger partial charge is 0.253 e. The molecule has 1 aromatic rings. The molecule has 0 heterocycles. The molecule has 0 spiro atoms. The van der Waals surface area contributed by atoms with Gasteiger partial charge in [-0.05, 0) is 12.1 Å². The second-order valence-corrected chi connectivity index (χ2v) is 4.65. The fourth-order valence-corrected chi connectivity index (χ4v) is 1.62. The van der Waals surface area contributed by atoms with Crippen LogP contribution in [0.4, 0.5) is 5.69 Å². The second kappa shape index (κ2) is 8.55. The Morgan fingerprint density at radius 2 is 2.05 bits per heavy atom. The van der Waals surface area contributed by atoms with Gasteiger partial charge in [0.05, 0.1) is 17.9 Å². The molecule has 20 heavy (non-hydrogen) atoms. The van der Waals surface area contributed by atoms with Gasteiger partial charge in [-0.1, -0.05) is 19.1 Å². The first kappa shape index (κ1) is 16.5. The topological polar surface area (TPSA) is 67.4 Å². The summed E-state index contributed by atoms with van der Waals surface area (Å²) in [5, 5.41) is 5.43. The lowest BCUT2D eigenvalue weighted by Gasteiger charge is -2.13. The van der Waals surface area contributed by atoms with Crippen molar-refractivity contribution in [3.63, 3.8) is 0 Å². The van der Waals surface area contributed by atoms with Gasteiger partial charge in [0.2, 0.25) is 5.91 Å². The van der Waals surface area contributed by atoms with Crippen molar-refractivity contribution >= 4 is 29.1 Å². The van der Waals surface area contributed by atoms with Gasteiger partial charge in [0, 0.05) is 25.5 Å². The van der Waals surface area contributed by atoms with Crippen LogP contribution in [-0.2, 0) is 9.53 Å². The molecule has 2 amide bonds. The highest BCUT2D eigenvalue weighted by Gasteiger charge is 2.16. The number of para-hydroxylation sites is 1. The quantitative estimate of drug-likeness (QED) is 0.596. The van der Waals surface area contributed by atoms with Gasteiger partial charge in [-0.2, -0.15) is 0 Å². The van der Waals surface area contributed by atoms with E-state index in [1.165, 1.54) is 0 Å². The largest absolute Gasteiger partial charge is 0.383 e. The number of methoxy groups -OCH3 is 1. The Morgan fingerprint density at radius 3 is 2.70 bits per heavy atom. The molecule has 5 nitrogen and oxygen atoms in total. The van der Waals surface area contributed by atoms with Crippen LogP contribution in [0.15, 0.2) is 24.3 Å². The summed E-state index contributed by atoms with van der Waals surface area (Å²) in [6.45, 7) is 2.57. The Labute approximate surface area is 123 Å². The molecule has 0 saturated carbocycles. The minimum Gasteiger partial charge on any atom is -0.383 e. The zero-order valence-electron chi connectivity index (χ0n) is 11.6. The normalized spacial score (nSPS) is 11.8. The first-order valence-electron chi connectivity index (χ1n) is 6.33. The van der Waals surface area contributed by atoms with E-state index in [1.807, 2.05) is 0 Å². The molecule has 0 radical (unpaired) electrons. The number of rotatable bonds is 7. The van der Waals surface area contributed by atoms with Gasteiger partial charge in [-0.3, -0.25) is 9.59 Å². The van der Waals surface area contributed by atoms with Gasteiger partial charge in [-0.15, -0.1) is 11.6 Å². The number of nitrogens with one attached hydrogen (secondary N) is 2. The van der Waals surface area contributed by atoms with Gasteiger partial charge in [0.15, 0.2) is 0 Å². The zero-order valence-corrected chi connectivity index (χ0v) is 12.4. The van der Waals surface area contributed by atoms with E-state index in [-0.39, 0.29) is 23.6 Å². The highest BCUT2D eigenvalue weighted by Crippen LogP contribution is 2.16. The van der Waals surface area contributed by atoms with Crippen LogP contribution in [0, 0.1) is 5.92 Å². The second-order valence-electron chi connectivity index (χ2n) is 4.34. The van der Waals surface area contributed by atoms with Crippen molar-refractivity contribution in [3.8, 4) is 0 Å². The van der Waals surface area contributed by atoms with Crippen LogP contribution in [0.25, 0.3) is 0 Å². The van der Waals surface area contributed by atoms with Crippen molar-refractivity contribution in [2.75, 3.05) is 31.5 Å². The van der Waals surface area contributed by atoms with Crippen molar-refractivity contribution in [2.45, 2.75) is 6.92 Å². The lowest BCUT2D eigenvalue weighted by molar-refractivity contribution is -0.118. The van der Waals surface area contributed by atoms with Crippen LogP contribution in [0.1, 0.15) is 17.3 Å². The third-order valence-electron chi connectivity index (χ3n) is 2.70. The fourth-order valence-electron chi connectivity index (χ4n) is 1.48. The molecule has 1 atom stereocenters. The molecule has 1 aromatic carbocycles. The van der Waals surface area contributed by atoms with Crippen LogP contribution < -0.4 is 10.6 Å². The lowest BCUT2D eigenvalue weighted by Crippen LogP contribution is -2.29. The number of benzene rings is 1. The van der Waals surface area contributed by atoms with Crippen LogP contribution >= 0.6 is 11.6 Å². The minimum atomic E-state index is -0.318. The first-order chi connectivity index (χ1) is 9.60. The summed E-state index contributed by atoms with van der Waals surface area (Å²) in [5.74, 6) is -0.552. The van der Waals surface area contributed by atoms with Crippen molar-refractivity contribution < 1.29 is 14.3 Å². The molecular weight excluding hydrogens is 280 g/mol. The summed E-state index contributed by atoms with van der Waals surface area (Å²) in [6, 6.07) is 6.84. The third-order valence-corrected chi connectivity index (χ3v) is 3.16. The van der Waals surface area contributed by atoms with E-state index in [4.69, 9.17) is 16.3 Å². The number of halogens is 1. The van der Waals surface area contributed by atoms with E-state index in [2.05, 4.69) is 10.6 Å². The van der Waals surface area contributed by atoms with Crippen LogP contribution in [-0.4, -0.2) is 38.0 Å². The maximum Gasteiger partial charge on any atom is 0.253 e. The maximum absolute atomic E-state index is 12.0. The number of amides is 2. The predicted octanol–water partition coefficient (Wildman–Crippen LogP) is 1.88. The number of alkyl halides is 1. The molecule has 0 aromatic heterocycles. The number of ether oxygens (including phenoxy) is 1. The number of anilines is 1. The Bertz CT molecular complexity index is 465. The fraction of sp³-hybridized carbons (Fsp3) is 0.429. The predicted molar refractivity (Wildman–Crippen MR) is 79.2 cm³/mol. The molecule has 1 rings (SSSR count). The van der Waals surface area contributed by atoms with Crippen LogP contribution in [0.2, 0.25) is 0 Å². The standard InChI is InChI=1S/C14H19ClN2O3/c1-10(9-15)13(18)17-12-6-4-3-5-11(12)14(19)16-7-8-20-2/h3-6,10H,7-9H2,1-2H3,(H,16,19)(H,17,18). The molecule has 0 saturated heterocycles. The molecule has 0 aliphatic heterocycles. The average molecular weight is 299 g/mol. The summed E-state index contributed by atoms with van der Waals surface area (Å²) >= 11 is 5.65. The number of hydrogen-bond acceptors (Lipinski definition) is 3. The SMILES string of the molecule is COCCNC(=O)c1ccccc1NC(=O)C(C)CCl. The lowest BCUT2D eigenvalue weighted by atomic mass is 10.1. The molecule has 0 bridgehead atoms. The zero-order chi connectivity index (χ0) is 15.0. The summed E-state index contributed by atoms with van der Waals surface area (Å²) in [7, 11) is 1.56. The molecule has 0 aliphatic rings. The highest BCUT2D eigenvalue weighted by molar-refractivity contribution is 6.19. The maximum atomic E-state index is 12.0. The number of hydrogen-bond donors (Lipinski definition) is 2. The Balaban J connectivity index is 2.77. The van der Waals surface area contributed by atoms with Crippen LogP contribution in [0.3, 0.4) is 0 Å². The summed E-state index contributed by atoms with van der Waals surface area (Å²) in [5.41, 5.74) is 0.892. The van der Waals surface area contributed by atoms with Gasteiger partial charge in [-0.25, -0.2) is 0 Å². The molecule has 0 aliphatic carbocycles. The molecule has 0 fully saturated rings. The Kier molecular flexibility index (Phi) is 7.04. The molecule has 1 unspecified atom stereocenters. The third kappa shape index (κ3) is 4.83. The van der Waals surface area contributed by atoms with E-state index in [0.29, 0.717) is 24.4 Å². The minimum absolute atomic E-state index is 0.211. The van der Waals surface area contributed by atoms with Gasteiger partial charge >= 0.3 is 0 Å². The van der Waals surface area contributed by atoms with Crippen molar-refractivity contribution in [2.24, 2.45) is 5.92 Å². The summed E-state index contributed by atoms with van der Waals surface area (Å²) in [6.07, 6.45) is 0. The van der Waals surface area contributed by atoms with Gasteiger partial charge in [0.1, 0.15) is 0 Å². The highest BCUT2D eigenvalue weighted by atomic mass is 35.5. The number of carbonyl (C=O) groups excluding carboxylic acids is 2. The summed E-state index contributed by atoms with van der Waals surface area (Å²) in [4.78, 5) is 23.8. The van der Waals surface area contributed by atoms with Crippen molar-refractivity contribution in [1.29, 1.82) is 0 Å². The molecular formula is C14H19ClN2O3. The van der Waals surface area contributed by atoms with E-state index in [0.717, 1.165) is 0 Å². The average Bonchev–Trinajstić information content (AvgIpc) is 2.47. The monoisotopic (exact) mass is 298 g/mol. The van der Waals surface area contributed by atoms with Crippen molar-refractivity contribution in [1.82, 2.24) is 5.32 Å². The van der Waals surface area contributed by atoms with E-state index in [9.17, 15) is 9.59 Å². The van der Waals surface area contributed by atoms with E-state index in [1.54, 1.807) is 38.3 Å². The Hall–Kier alpha value is -1.59. The van der Waals surface area contributed by atoms with E-state index < -0.39 is 0 Å². The number of carbonyl (C=O) groups is 2. The molecule has 6 heteroatoms. The van der Waals surface area contributed by atoms with Crippen LogP contribution in [0.5, 0.6) is 0 Å². The molecule has 110 valence electrons. The Morgan fingerprint density at radius 1 is 1.35 bits per heavy atom. The van der Waals surface area contributed by atoms with Gasteiger partial charge < -0.3 is 15.4 Å². The summed E-state index contributed by atoms with van der Waals surface area (Å²) < 4.78 is 4.87. The molecule has 2 N–H and O–H groups in total. The van der Waals surface area contributed by atoms with Crippen molar-refractivity contribution in [3.05, 3.63) is 29.8 Å². The first-order valence-corrected chi connectivity index (χ1v) is 6.86.